The summed E-state index contributed by atoms with van der Waals surface area (Å²) in [7, 11) is -3.55. The summed E-state index contributed by atoms with van der Waals surface area (Å²) in [6.45, 7) is -1.81. The van der Waals surface area contributed by atoms with Crippen LogP contribution in [-0.2, 0) is 33.8 Å². The van der Waals surface area contributed by atoms with Crippen LogP contribution in [0, 0.1) is 20.2 Å². The van der Waals surface area contributed by atoms with Gasteiger partial charge >= 0.3 is 12.1 Å². The Morgan fingerprint density at radius 2 is 1.47 bits per heavy atom. The van der Waals surface area contributed by atoms with Gasteiger partial charge in [-0.15, -0.1) is 20.2 Å². The molecule has 0 aromatic heterocycles. The largest absolute Gasteiger partial charge is 0.508 e. The van der Waals surface area contributed by atoms with Crippen LogP contribution in [-0.4, -0.2) is 61.6 Å². The molecule has 0 aliphatic rings. The quantitative estimate of drug-likeness (QED) is 0.105. The molecule has 0 aliphatic carbocycles. The average Bonchev–Trinajstić information content (AvgIpc) is 2.79. The molecule has 15 nitrogen and oxygen atoms in total. The van der Waals surface area contributed by atoms with Gasteiger partial charge in [0.2, 0.25) is 0 Å². The maximum atomic E-state index is 12.1. The van der Waals surface area contributed by atoms with Crippen molar-refractivity contribution in [1.82, 2.24) is 0 Å². The Bertz CT molecular complexity index is 1240. The van der Waals surface area contributed by atoms with Crippen LogP contribution in [0.2, 0.25) is 0 Å². The number of carboxylic acids is 1. The molecule has 192 valence electrons. The number of hydrogen-bond acceptors (Lipinski definition) is 12. The minimum Gasteiger partial charge on any atom is -0.478 e. The molecule has 2 aromatic rings. The summed E-state index contributed by atoms with van der Waals surface area (Å²) in [5.74, 6) is -1.39. The van der Waals surface area contributed by atoms with Crippen molar-refractivity contribution in [3.8, 4) is 0 Å². The van der Waals surface area contributed by atoms with Crippen molar-refractivity contribution in [2.24, 2.45) is 0 Å². The summed E-state index contributed by atoms with van der Waals surface area (Å²) in [5.41, 5.74) is 0.109. The lowest BCUT2D eigenvalue weighted by atomic mass is 9.95. The molecular weight excluding hydrogens is 508 g/mol. The van der Waals surface area contributed by atoms with E-state index in [2.05, 4.69) is 14.4 Å². The molecule has 0 atom stereocenters. The number of rotatable bonds is 12. The monoisotopic (exact) mass is 526 g/mol. The summed E-state index contributed by atoms with van der Waals surface area (Å²) >= 11 is 0. The average molecular weight is 526 g/mol. The highest BCUT2D eigenvalue weighted by atomic mass is 32.2. The van der Waals surface area contributed by atoms with Crippen LogP contribution >= 0.6 is 0 Å². The number of hydrogen-bond donors (Lipinski definition) is 1. The van der Waals surface area contributed by atoms with Gasteiger partial charge in [-0.25, -0.2) is 18.0 Å². The van der Waals surface area contributed by atoms with E-state index in [0.29, 0.717) is 0 Å². The molecule has 1 N–H and O–H groups in total. The molecule has 0 radical (unpaired) electrons. The Balaban J connectivity index is 2.34. The Morgan fingerprint density at radius 1 is 0.917 bits per heavy atom. The van der Waals surface area contributed by atoms with Crippen LogP contribution in [0.15, 0.2) is 59.5 Å². The number of aliphatic carboxylic acids is 1. The number of carbonyl (C=O) groups is 2. The molecule has 0 saturated carbocycles. The Hall–Kier alpha value is -4.73. The number of ether oxygens (including phenoxy) is 2. The van der Waals surface area contributed by atoms with E-state index in [9.17, 15) is 43.3 Å². The fourth-order valence-electron chi connectivity index (χ4n) is 2.82. The molecule has 2 aromatic carbocycles. The van der Waals surface area contributed by atoms with Gasteiger partial charge in [-0.1, -0.05) is 42.5 Å². The summed E-state index contributed by atoms with van der Waals surface area (Å²) in [4.78, 5) is 52.6. The standard InChI is InChI=1S/C20H18N2O13S/c1-36(30,31)15-9-7-13(8-10-15)16(18(19(23)24)14-5-3-2-4-6-14)11-32-20(25)33-12-17(34-21(26)27)35-22(28)29/h2-10,17H,11-12H2,1H3,(H,23,24). The molecule has 0 aliphatic heterocycles. The van der Waals surface area contributed by atoms with E-state index in [1.807, 2.05) is 0 Å². The second-order valence-corrected chi connectivity index (χ2v) is 8.77. The first-order chi connectivity index (χ1) is 16.9. The van der Waals surface area contributed by atoms with Crippen LogP contribution in [0.25, 0.3) is 11.1 Å². The van der Waals surface area contributed by atoms with Crippen molar-refractivity contribution in [2.75, 3.05) is 19.5 Å². The van der Waals surface area contributed by atoms with Crippen LogP contribution in [0.4, 0.5) is 4.79 Å². The van der Waals surface area contributed by atoms with Crippen molar-refractivity contribution < 1.29 is 52.4 Å². The van der Waals surface area contributed by atoms with Crippen molar-refractivity contribution in [1.29, 1.82) is 0 Å². The Morgan fingerprint density at radius 3 is 1.94 bits per heavy atom. The molecule has 0 bridgehead atoms. The van der Waals surface area contributed by atoms with Crippen molar-refractivity contribution >= 4 is 33.1 Å². The zero-order valence-electron chi connectivity index (χ0n) is 18.3. The molecule has 2 rings (SSSR count). The second-order valence-electron chi connectivity index (χ2n) is 6.76. The lowest BCUT2D eigenvalue weighted by molar-refractivity contribution is -0.851. The minimum absolute atomic E-state index is 0.0369. The summed E-state index contributed by atoms with van der Waals surface area (Å²) in [6.07, 6.45) is -2.69. The topological polar surface area (TPSA) is 212 Å². The second kappa shape index (κ2) is 12.1. The molecule has 36 heavy (non-hydrogen) atoms. The van der Waals surface area contributed by atoms with Gasteiger partial charge in [-0.2, -0.15) is 0 Å². The normalized spacial score (nSPS) is 11.7. The lowest BCUT2D eigenvalue weighted by Crippen LogP contribution is -2.30. The first kappa shape index (κ1) is 27.5. The van der Waals surface area contributed by atoms with Gasteiger partial charge in [0.15, 0.2) is 9.84 Å². The number of sulfone groups is 1. The van der Waals surface area contributed by atoms with Crippen molar-refractivity contribution in [2.45, 2.75) is 11.2 Å². The first-order valence-corrected chi connectivity index (χ1v) is 11.5. The van der Waals surface area contributed by atoms with Crippen molar-refractivity contribution in [3.05, 3.63) is 86.0 Å². The fraction of sp³-hybridized carbons (Fsp3) is 0.200. The van der Waals surface area contributed by atoms with E-state index < -0.39 is 51.6 Å². The molecule has 0 unspecified atom stereocenters. The number of carbonyl (C=O) groups excluding carboxylic acids is 1. The van der Waals surface area contributed by atoms with E-state index >= 15 is 0 Å². The number of benzene rings is 2. The van der Waals surface area contributed by atoms with E-state index in [1.54, 1.807) is 18.2 Å². The molecule has 0 fully saturated rings. The predicted octanol–water partition coefficient (Wildman–Crippen LogP) is 1.98. The first-order valence-electron chi connectivity index (χ1n) is 9.62. The number of carboxylic acid groups (broad SMARTS) is 1. The number of nitrogens with zero attached hydrogens (tertiary/aromatic N) is 2. The van der Waals surface area contributed by atoms with Gasteiger partial charge in [0.25, 0.3) is 16.5 Å². The molecule has 16 heteroatoms. The summed E-state index contributed by atoms with van der Waals surface area (Å²) in [6, 6.07) is 12.9. The van der Waals surface area contributed by atoms with Crippen molar-refractivity contribution in [3.63, 3.8) is 0 Å². The van der Waals surface area contributed by atoms with Gasteiger partial charge < -0.3 is 14.6 Å². The summed E-state index contributed by atoms with van der Waals surface area (Å²) in [5, 5.41) is 27.8. The molecule has 0 heterocycles. The Kier molecular flexibility index (Phi) is 9.26. The van der Waals surface area contributed by atoms with Gasteiger partial charge in [0.05, 0.1) is 10.5 Å². The lowest BCUT2D eigenvalue weighted by Gasteiger charge is -2.16. The SMILES string of the molecule is CS(=O)(=O)c1ccc(C(COC(=O)OCC(O[N+](=O)[O-])O[N+](=O)[O-])=C(C(=O)O)c2ccccc2)cc1. The third kappa shape index (κ3) is 8.24. The van der Waals surface area contributed by atoms with E-state index in [4.69, 9.17) is 4.74 Å². The zero-order valence-corrected chi connectivity index (χ0v) is 19.2. The maximum Gasteiger partial charge on any atom is 0.508 e. The van der Waals surface area contributed by atoms with Crippen LogP contribution < -0.4 is 0 Å². The fourth-order valence-corrected chi connectivity index (χ4v) is 3.45. The van der Waals surface area contributed by atoms with Crippen LogP contribution in [0.5, 0.6) is 0 Å². The maximum absolute atomic E-state index is 12.1. The smallest absolute Gasteiger partial charge is 0.478 e. The van der Waals surface area contributed by atoms with E-state index in [-0.39, 0.29) is 27.2 Å². The Labute approximate surface area is 202 Å². The van der Waals surface area contributed by atoms with Crippen LogP contribution in [0.1, 0.15) is 11.1 Å². The molecule has 0 spiro atoms. The van der Waals surface area contributed by atoms with Gasteiger partial charge in [0, 0.05) is 11.8 Å². The molecular formula is C20H18N2O13S. The van der Waals surface area contributed by atoms with Crippen LogP contribution in [0.3, 0.4) is 0 Å². The van der Waals surface area contributed by atoms with E-state index in [1.165, 1.54) is 36.4 Å². The summed E-state index contributed by atoms with van der Waals surface area (Å²) < 4.78 is 33.0. The third-order valence-corrected chi connectivity index (χ3v) is 5.42. The van der Waals surface area contributed by atoms with Gasteiger partial charge in [0.1, 0.15) is 13.2 Å². The highest BCUT2D eigenvalue weighted by molar-refractivity contribution is 7.90. The van der Waals surface area contributed by atoms with Gasteiger partial charge in [-0.05, 0) is 23.3 Å². The third-order valence-electron chi connectivity index (χ3n) is 4.29. The van der Waals surface area contributed by atoms with Gasteiger partial charge in [-0.3, -0.25) is 9.68 Å². The minimum atomic E-state index is -3.55. The van der Waals surface area contributed by atoms with E-state index in [0.717, 1.165) is 6.26 Å². The molecule has 0 amide bonds. The molecule has 0 saturated heterocycles. The highest BCUT2D eigenvalue weighted by Crippen LogP contribution is 2.28. The zero-order chi connectivity index (χ0) is 26.9. The highest BCUT2D eigenvalue weighted by Gasteiger charge is 2.23. The predicted molar refractivity (Wildman–Crippen MR) is 118 cm³/mol.